The van der Waals surface area contributed by atoms with Gasteiger partial charge in [0, 0.05) is 12.5 Å². The first-order chi connectivity index (χ1) is 12.2. The van der Waals surface area contributed by atoms with E-state index in [1.165, 1.54) is 5.56 Å². The number of carbonyl (C=O) groups is 1. The fourth-order valence-electron chi connectivity index (χ4n) is 3.16. The number of hydrogen-bond donors (Lipinski definition) is 4. The number of carbonyl (C=O) groups excluding carboxylic acids is 1. The van der Waals surface area contributed by atoms with Gasteiger partial charge >= 0.3 is 0 Å². The number of rotatable bonds is 6. The molecule has 3 rings (SSSR count). The van der Waals surface area contributed by atoms with Gasteiger partial charge in [-0.2, -0.15) is 0 Å². The topological polar surface area (TPSA) is 88.4 Å². The Bertz CT molecular complexity index is 690. The molecule has 1 amide bonds. The minimum Gasteiger partial charge on any atom is -0.493 e. The highest BCUT2D eigenvalue weighted by atomic mass is 16.5. The first-order valence-corrected chi connectivity index (χ1v) is 8.47. The third kappa shape index (κ3) is 4.17. The van der Waals surface area contributed by atoms with Crippen LogP contribution in [0.5, 0.6) is 5.75 Å². The first-order valence-electron chi connectivity index (χ1n) is 8.47. The van der Waals surface area contributed by atoms with Gasteiger partial charge in [-0.25, -0.2) is 11.3 Å². The van der Waals surface area contributed by atoms with E-state index in [1.807, 2.05) is 49.4 Å². The Balaban J connectivity index is 1.59. The second-order valence-corrected chi connectivity index (χ2v) is 6.24. The molecule has 2 aromatic carbocycles. The molecule has 5 N–H and O–H groups in total. The molecule has 0 spiro atoms. The van der Waals surface area contributed by atoms with Gasteiger partial charge in [0.25, 0.3) is 0 Å². The van der Waals surface area contributed by atoms with Crippen molar-refractivity contribution in [3.63, 3.8) is 0 Å². The summed E-state index contributed by atoms with van der Waals surface area (Å²) in [5.41, 5.74) is 10.8. The van der Waals surface area contributed by atoms with Crippen molar-refractivity contribution in [2.75, 3.05) is 6.61 Å². The van der Waals surface area contributed by atoms with Gasteiger partial charge in [-0.05, 0) is 30.2 Å². The van der Waals surface area contributed by atoms with E-state index in [0.29, 0.717) is 6.61 Å². The molecule has 0 radical (unpaired) electrons. The van der Waals surface area contributed by atoms with E-state index in [0.717, 1.165) is 17.7 Å². The van der Waals surface area contributed by atoms with Gasteiger partial charge in [0.15, 0.2) is 0 Å². The summed E-state index contributed by atoms with van der Waals surface area (Å²) in [4.78, 5) is 12.0. The molecule has 0 aliphatic carbocycles. The molecule has 6 nitrogen and oxygen atoms in total. The minimum absolute atomic E-state index is 0.00431. The summed E-state index contributed by atoms with van der Waals surface area (Å²) < 4.78 is 5.81. The van der Waals surface area contributed by atoms with E-state index < -0.39 is 0 Å². The Labute approximate surface area is 147 Å². The van der Waals surface area contributed by atoms with Crippen LogP contribution in [-0.4, -0.2) is 18.6 Å². The Hall–Kier alpha value is -2.41. The monoisotopic (exact) mass is 340 g/mol. The average molecular weight is 340 g/mol. The van der Waals surface area contributed by atoms with E-state index in [9.17, 15) is 4.79 Å². The van der Waals surface area contributed by atoms with Crippen LogP contribution in [0.25, 0.3) is 0 Å². The van der Waals surface area contributed by atoms with E-state index in [4.69, 9.17) is 10.6 Å². The fraction of sp³-hybridized carbons (Fsp3) is 0.316. The lowest BCUT2D eigenvalue weighted by atomic mass is 9.89. The van der Waals surface area contributed by atoms with Gasteiger partial charge in [-0.3, -0.25) is 15.6 Å². The number of benzene rings is 2. The van der Waals surface area contributed by atoms with Crippen LogP contribution in [0.3, 0.4) is 0 Å². The number of ether oxygens (including phenoxy) is 1. The van der Waals surface area contributed by atoms with Crippen molar-refractivity contribution in [1.82, 2.24) is 16.3 Å². The summed E-state index contributed by atoms with van der Waals surface area (Å²) in [5, 5.41) is 0. The van der Waals surface area contributed by atoms with E-state index in [-0.39, 0.29) is 23.9 Å². The molecule has 1 fully saturated rings. The summed E-state index contributed by atoms with van der Waals surface area (Å²) in [5.74, 6) is 5.67. The molecule has 1 saturated heterocycles. The zero-order chi connectivity index (χ0) is 17.6. The van der Waals surface area contributed by atoms with Crippen molar-refractivity contribution in [3.8, 4) is 5.75 Å². The van der Waals surface area contributed by atoms with Crippen molar-refractivity contribution >= 4 is 5.91 Å². The van der Waals surface area contributed by atoms with Crippen LogP contribution in [0.4, 0.5) is 0 Å². The van der Waals surface area contributed by atoms with Crippen LogP contribution in [0.15, 0.2) is 54.6 Å². The van der Waals surface area contributed by atoms with Crippen molar-refractivity contribution in [1.29, 1.82) is 0 Å². The second-order valence-electron chi connectivity index (χ2n) is 6.24. The minimum atomic E-state index is -0.269. The van der Waals surface area contributed by atoms with Crippen LogP contribution in [-0.2, 0) is 11.2 Å². The summed E-state index contributed by atoms with van der Waals surface area (Å²) in [6.45, 7) is 2.58. The Kier molecular flexibility index (Phi) is 5.65. The lowest BCUT2D eigenvalue weighted by Gasteiger charge is -2.19. The van der Waals surface area contributed by atoms with E-state index >= 15 is 0 Å². The van der Waals surface area contributed by atoms with Gasteiger partial charge in [0.2, 0.25) is 5.91 Å². The molecule has 2 aromatic rings. The predicted octanol–water partition coefficient (Wildman–Crippen LogP) is 1.45. The first kappa shape index (κ1) is 17.4. The smallest absolute Gasteiger partial charge is 0.240 e. The van der Waals surface area contributed by atoms with Gasteiger partial charge in [0.1, 0.15) is 5.75 Å². The molecule has 1 aliphatic heterocycles. The molecule has 132 valence electrons. The lowest BCUT2D eigenvalue weighted by molar-refractivity contribution is -0.125. The molecule has 0 saturated carbocycles. The van der Waals surface area contributed by atoms with Crippen LogP contribution in [0.1, 0.15) is 24.1 Å². The third-order valence-electron chi connectivity index (χ3n) is 4.55. The highest BCUT2D eigenvalue weighted by Crippen LogP contribution is 2.29. The van der Waals surface area contributed by atoms with Crippen LogP contribution < -0.4 is 26.9 Å². The maximum absolute atomic E-state index is 12.0. The molecule has 0 aromatic heterocycles. The lowest BCUT2D eigenvalue weighted by Crippen LogP contribution is -2.41. The highest BCUT2D eigenvalue weighted by molar-refractivity contribution is 5.80. The Morgan fingerprint density at radius 1 is 1.12 bits per heavy atom. The summed E-state index contributed by atoms with van der Waals surface area (Å²) in [7, 11) is 0. The van der Waals surface area contributed by atoms with Crippen molar-refractivity contribution in [2.45, 2.75) is 25.4 Å². The normalized spacial score (nSPS) is 22.6. The van der Waals surface area contributed by atoms with Gasteiger partial charge < -0.3 is 4.74 Å². The number of amides is 1. The van der Waals surface area contributed by atoms with Crippen LogP contribution >= 0.6 is 0 Å². The molecular weight excluding hydrogens is 316 g/mol. The maximum Gasteiger partial charge on any atom is 0.240 e. The molecule has 3 atom stereocenters. The molecule has 1 heterocycles. The third-order valence-corrected chi connectivity index (χ3v) is 4.55. The van der Waals surface area contributed by atoms with Gasteiger partial charge in [0.05, 0.1) is 18.6 Å². The number of hydrogen-bond acceptors (Lipinski definition) is 5. The van der Waals surface area contributed by atoms with E-state index in [2.05, 4.69) is 28.4 Å². The largest absolute Gasteiger partial charge is 0.493 e. The zero-order valence-corrected chi connectivity index (χ0v) is 14.2. The molecular formula is C19H24N4O2. The molecule has 6 heteroatoms. The summed E-state index contributed by atoms with van der Waals surface area (Å²) in [6, 6.07) is 17.9. The number of nitrogens with two attached hydrogens (primary N) is 1. The van der Waals surface area contributed by atoms with Crippen molar-refractivity contribution in [2.24, 2.45) is 11.8 Å². The second kappa shape index (κ2) is 8.11. The number of nitrogens with one attached hydrogen (secondary N) is 3. The van der Waals surface area contributed by atoms with Gasteiger partial charge in [-0.15, -0.1) is 0 Å². The zero-order valence-electron chi connectivity index (χ0n) is 14.2. The van der Waals surface area contributed by atoms with Crippen molar-refractivity contribution in [3.05, 3.63) is 65.7 Å². The van der Waals surface area contributed by atoms with Crippen LogP contribution in [0.2, 0.25) is 0 Å². The average Bonchev–Trinajstić information content (AvgIpc) is 3.04. The quantitative estimate of drug-likeness (QED) is 0.363. The Morgan fingerprint density at radius 3 is 2.52 bits per heavy atom. The summed E-state index contributed by atoms with van der Waals surface area (Å²) in [6.07, 6.45) is 0.868. The van der Waals surface area contributed by atoms with Crippen LogP contribution in [0, 0.1) is 5.92 Å². The molecule has 0 bridgehead atoms. The summed E-state index contributed by atoms with van der Waals surface area (Å²) >= 11 is 0. The standard InChI is InChI=1S/C19H24N4O2/c1-13-17(19(24)21-20)18(23-22-13)15-7-9-16(10-8-15)25-12-11-14-5-3-2-4-6-14/h2-10,13,17-18,22-23H,11-12,20H2,1H3,(H,21,24). The van der Waals surface area contributed by atoms with Gasteiger partial charge in [-0.1, -0.05) is 42.5 Å². The maximum atomic E-state index is 12.0. The van der Waals surface area contributed by atoms with Crippen molar-refractivity contribution < 1.29 is 9.53 Å². The molecule has 25 heavy (non-hydrogen) atoms. The Morgan fingerprint density at radius 2 is 1.84 bits per heavy atom. The molecule has 1 aliphatic rings. The predicted molar refractivity (Wildman–Crippen MR) is 96.4 cm³/mol. The highest BCUT2D eigenvalue weighted by Gasteiger charge is 2.38. The fourth-order valence-corrected chi connectivity index (χ4v) is 3.16. The SMILES string of the molecule is CC1NNC(c2ccc(OCCc3ccccc3)cc2)C1C(=O)NN. The van der Waals surface area contributed by atoms with E-state index in [1.54, 1.807) is 0 Å². The number of hydrazine groups is 2. The molecule has 3 unspecified atom stereocenters.